The molecule has 0 saturated heterocycles. The number of nitrogens with one attached hydrogen (secondary N) is 2. The van der Waals surface area contributed by atoms with Crippen LogP contribution in [-0.2, 0) is 9.59 Å². The SMILES string of the molecule is CC(C)(C)NC(=O)CC1(C(=O)Nc2ccc3c(c2)OCO3)CCCC1. The van der Waals surface area contributed by atoms with Gasteiger partial charge in [0.15, 0.2) is 11.5 Å². The molecule has 1 aliphatic carbocycles. The minimum atomic E-state index is -0.633. The Morgan fingerprint density at radius 1 is 1.12 bits per heavy atom. The third-order valence-corrected chi connectivity index (χ3v) is 4.69. The first-order valence-electron chi connectivity index (χ1n) is 8.80. The number of hydrogen-bond donors (Lipinski definition) is 2. The van der Waals surface area contributed by atoms with Crippen molar-refractivity contribution in [3.63, 3.8) is 0 Å². The molecule has 0 radical (unpaired) electrons. The van der Waals surface area contributed by atoms with E-state index < -0.39 is 5.41 Å². The highest BCUT2D eigenvalue weighted by atomic mass is 16.7. The number of fused-ring (bicyclic) bond motifs is 1. The normalized spacial score (nSPS) is 18.0. The molecule has 0 aromatic heterocycles. The van der Waals surface area contributed by atoms with E-state index in [4.69, 9.17) is 9.47 Å². The molecule has 1 aromatic rings. The van der Waals surface area contributed by atoms with Crippen molar-refractivity contribution in [3.8, 4) is 11.5 Å². The van der Waals surface area contributed by atoms with Crippen molar-refractivity contribution in [2.24, 2.45) is 5.41 Å². The smallest absolute Gasteiger partial charge is 0.231 e. The van der Waals surface area contributed by atoms with Crippen LogP contribution in [0.3, 0.4) is 0 Å². The van der Waals surface area contributed by atoms with E-state index in [0.717, 1.165) is 25.7 Å². The molecule has 6 nitrogen and oxygen atoms in total. The van der Waals surface area contributed by atoms with Crippen molar-refractivity contribution < 1.29 is 19.1 Å². The molecule has 25 heavy (non-hydrogen) atoms. The maximum atomic E-state index is 13.0. The summed E-state index contributed by atoms with van der Waals surface area (Å²) in [5, 5.41) is 5.94. The van der Waals surface area contributed by atoms with Gasteiger partial charge in [-0.1, -0.05) is 12.8 Å². The summed E-state index contributed by atoms with van der Waals surface area (Å²) in [6, 6.07) is 5.34. The van der Waals surface area contributed by atoms with Gasteiger partial charge >= 0.3 is 0 Å². The summed E-state index contributed by atoms with van der Waals surface area (Å²) in [7, 11) is 0. The molecule has 0 atom stereocenters. The molecule has 0 bridgehead atoms. The Morgan fingerprint density at radius 3 is 2.48 bits per heavy atom. The summed E-state index contributed by atoms with van der Waals surface area (Å²) in [5.41, 5.74) is -0.270. The zero-order valence-electron chi connectivity index (χ0n) is 15.1. The lowest BCUT2D eigenvalue weighted by molar-refractivity contribution is -0.133. The minimum Gasteiger partial charge on any atom is -0.454 e. The maximum Gasteiger partial charge on any atom is 0.231 e. The van der Waals surface area contributed by atoms with Crippen LogP contribution in [-0.4, -0.2) is 24.1 Å². The van der Waals surface area contributed by atoms with E-state index in [1.54, 1.807) is 18.2 Å². The standard InChI is InChI=1S/C19H26N2O4/c1-18(2,3)21-16(22)11-19(8-4-5-9-19)17(23)20-13-6-7-14-15(10-13)25-12-24-14/h6-7,10H,4-5,8-9,11-12H2,1-3H3,(H,20,23)(H,21,22). The second-order valence-electron chi connectivity index (χ2n) is 7.98. The summed E-state index contributed by atoms with van der Waals surface area (Å²) in [6.45, 7) is 6.03. The number of anilines is 1. The molecule has 0 spiro atoms. The van der Waals surface area contributed by atoms with E-state index in [1.165, 1.54) is 0 Å². The molecule has 2 amide bonds. The number of benzene rings is 1. The van der Waals surface area contributed by atoms with Crippen LogP contribution in [0, 0.1) is 5.41 Å². The quantitative estimate of drug-likeness (QED) is 0.878. The Bertz CT molecular complexity index is 672. The summed E-state index contributed by atoms with van der Waals surface area (Å²) in [4.78, 5) is 25.4. The van der Waals surface area contributed by atoms with Gasteiger partial charge in [-0.05, 0) is 45.7 Å². The lowest BCUT2D eigenvalue weighted by Gasteiger charge is -2.29. The van der Waals surface area contributed by atoms with Gasteiger partial charge in [0.2, 0.25) is 18.6 Å². The zero-order chi connectivity index (χ0) is 18.1. The van der Waals surface area contributed by atoms with E-state index in [1.807, 2.05) is 20.8 Å². The fourth-order valence-corrected chi connectivity index (χ4v) is 3.54. The number of carbonyl (C=O) groups excluding carboxylic acids is 2. The highest BCUT2D eigenvalue weighted by molar-refractivity contribution is 5.98. The largest absolute Gasteiger partial charge is 0.454 e. The minimum absolute atomic E-state index is 0.0739. The molecule has 1 aliphatic heterocycles. The molecule has 136 valence electrons. The Labute approximate surface area is 148 Å². The van der Waals surface area contributed by atoms with Crippen LogP contribution < -0.4 is 20.1 Å². The first-order chi connectivity index (χ1) is 11.8. The molecule has 1 fully saturated rings. The van der Waals surface area contributed by atoms with E-state index >= 15 is 0 Å². The number of carbonyl (C=O) groups is 2. The van der Waals surface area contributed by atoms with E-state index in [2.05, 4.69) is 10.6 Å². The van der Waals surface area contributed by atoms with Crippen LogP contribution in [0.15, 0.2) is 18.2 Å². The van der Waals surface area contributed by atoms with Gasteiger partial charge in [0.1, 0.15) is 0 Å². The molecular weight excluding hydrogens is 320 g/mol. The Hall–Kier alpha value is -2.24. The van der Waals surface area contributed by atoms with Crippen LogP contribution >= 0.6 is 0 Å². The van der Waals surface area contributed by atoms with Crippen LogP contribution in [0.2, 0.25) is 0 Å². The van der Waals surface area contributed by atoms with E-state index in [0.29, 0.717) is 17.2 Å². The third kappa shape index (κ3) is 4.06. The summed E-state index contributed by atoms with van der Waals surface area (Å²) in [6.07, 6.45) is 3.64. The second-order valence-corrected chi connectivity index (χ2v) is 7.98. The van der Waals surface area contributed by atoms with Crippen LogP contribution in [0.4, 0.5) is 5.69 Å². The number of hydrogen-bond acceptors (Lipinski definition) is 4. The van der Waals surface area contributed by atoms with Crippen molar-refractivity contribution in [1.82, 2.24) is 5.32 Å². The summed E-state index contributed by atoms with van der Waals surface area (Å²) < 4.78 is 10.6. The zero-order valence-corrected chi connectivity index (χ0v) is 15.1. The average molecular weight is 346 g/mol. The monoisotopic (exact) mass is 346 g/mol. The van der Waals surface area contributed by atoms with E-state index in [-0.39, 0.29) is 30.6 Å². The Morgan fingerprint density at radius 2 is 1.80 bits per heavy atom. The second kappa shape index (κ2) is 6.58. The molecule has 0 unspecified atom stereocenters. The van der Waals surface area contributed by atoms with Gasteiger partial charge in [0, 0.05) is 23.7 Å². The van der Waals surface area contributed by atoms with Gasteiger partial charge < -0.3 is 20.1 Å². The van der Waals surface area contributed by atoms with Gasteiger partial charge in [-0.15, -0.1) is 0 Å². The molecule has 3 rings (SSSR count). The summed E-state index contributed by atoms with van der Waals surface area (Å²) >= 11 is 0. The Kier molecular flexibility index (Phi) is 4.62. The predicted octanol–water partition coefficient (Wildman–Crippen LogP) is 3.22. The average Bonchev–Trinajstić information content (AvgIpc) is 3.14. The third-order valence-electron chi connectivity index (χ3n) is 4.69. The number of ether oxygens (including phenoxy) is 2. The van der Waals surface area contributed by atoms with Gasteiger partial charge in [-0.2, -0.15) is 0 Å². The van der Waals surface area contributed by atoms with Gasteiger partial charge in [0.25, 0.3) is 0 Å². The predicted molar refractivity (Wildman–Crippen MR) is 94.6 cm³/mol. The lowest BCUT2D eigenvalue weighted by Crippen LogP contribution is -2.45. The molecular formula is C19H26N2O4. The van der Waals surface area contributed by atoms with Crippen molar-refractivity contribution in [1.29, 1.82) is 0 Å². The van der Waals surface area contributed by atoms with Crippen LogP contribution in [0.25, 0.3) is 0 Å². The molecule has 1 aromatic carbocycles. The van der Waals surface area contributed by atoms with Crippen molar-refractivity contribution in [2.75, 3.05) is 12.1 Å². The number of rotatable bonds is 4. The van der Waals surface area contributed by atoms with Crippen molar-refractivity contribution in [3.05, 3.63) is 18.2 Å². The highest BCUT2D eigenvalue weighted by Gasteiger charge is 2.43. The molecule has 1 heterocycles. The van der Waals surface area contributed by atoms with Gasteiger partial charge in [-0.25, -0.2) is 0 Å². The Balaban J connectivity index is 1.71. The fourth-order valence-electron chi connectivity index (χ4n) is 3.54. The maximum absolute atomic E-state index is 13.0. The summed E-state index contributed by atoms with van der Waals surface area (Å²) in [5.74, 6) is 1.14. The molecule has 2 N–H and O–H groups in total. The molecule has 2 aliphatic rings. The van der Waals surface area contributed by atoms with Gasteiger partial charge in [-0.3, -0.25) is 9.59 Å². The lowest BCUT2D eigenvalue weighted by atomic mass is 9.81. The van der Waals surface area contributed by atoms with E-state index in [9.17, 15) is 9.59 Å². The van der Waals surface area contributed by atoms with Gasteiger partial charge in [0.05, 0.1) is 5.41 Å². The fraction of sp³-hybridized carbons (Fsp3) is 0.579. The molecule has 1 saturated carbocycles. The first-order valence-corrected chi connectivity index (χ1v) is 8.80. The van der Waals surface area contributed by atoms with Crippen molar-refractivity contribution >= 4 is 17.5 Å². The first kappa shape index (κ1) is 17.6. The van der Waals surface area contributed by atoms with Crippen molar-refractivity contribution in [2.45, 2.75) is 58.4 Å². The van der Waals surface area contributed by atoms with Crippen LogP contribution in [0.1, 0.15) is 52.9 Å². The highest BCUT2D eigenvalue weighted by Crippen LogP contribution is 2.43. The molecule has 6 heteroatoms. The number of amides is 2. The topological polar surface area (TPSA) is 76.7 Å². The van der Waals surface area contributed by atoms with Crippen LogP contribution in [0.5, 0.6) is 11.5 Å².